The summed E-state index contributed by atoms with van der Waals surface area (Å²) in [6.07, 6.45) is -9.94. The minimum atomic E-state index is -4.96. The molecule has 2 aliphatic rings. The van der Waals surface area contributed by atoms with Gasteiger partial charge in [-0.15, -0.1) is 0 Å². The van der Waals surface area contributed by atoms with Crippen molar-refractivity contribution in [2.24, 2.45) is 0 Å². The first-order valence-corrected chi connectivity index (χ1v) is 11.7. The number of hydrogen-bond acceptors (Lipinski definition) is 4. The summed E-state index contributed by atoms with van der Waals surface area (Å²) in [5.74, 6) is -0.106. The van der Waals surface area contributed by atoms with E-state index >= 15 is 0 Å². The van der Waals surface area contributed by atoms with Gasteiger partial charge in [-0.05, 0) is 49.1 Å². The van der Waals surface area contributed by atoms with Crippen molar-refractivity contribution in [3.63, 3.8) is 0 Å². The number of hydrogen-bond donors (Lipinski definition) is 1. The summed E-state index contributed by atoms with van der Waals surface area (Å²) in [4.78, 5) is 13.6. The van der Waals surface area contributed by atoms with Crippen LogP contribution in [0.5, 0.6) is 0 Å². The van der Waals surface area contributed by atoms with E-state index in [0.717, 1.165) is 5.56 Å². The van der Waals surface area contributed by atoms with Crippen LogP contribution in [0.25, 0.3) is 0 Å². The molecule has 198 valence electrons. The summed E-state index contributed by atoms with van der Waals surface area (Å²) >= 11 is 0. The standard InChI is InChI=1S/C26H25F6N3O2/c1-17(18-11-20(25(27,28)29)13-21(12-18)26(30,31)32)37-16-24(19-5-3-2-4-6-19)9-8-23(14-33,15-34-24)35-10-7-22(35)36/h2-6,11-13,17,34H,7-10,15-16H2,1H3/t17-,23-,24-/m1/s1. The number of nitriles is 1. The molecule has 0 aliphatic carbocycles. The quantitative estimate of drug-likeness (QED) is 0.395. The smallest absolute Gasteiger partial charge is 0.372 e. The Balaban J connectivity index is 1.59. The van der Waals surface area contributed by atoms with Gasteiger partial charge in [-0.3, -0.25) is 4.79 Å². The lowest BCUT2D eigenvalue weighted by Gasteiger charge is -2.51. The molecular weight excluding hydrogens is 500 g/mol. The molecule has 0 radical (unpaired) electrons. The van der Waals surface area contributed by atoms with Crippen molar-refractivity contribution < 1.29 is 35.9 Å². The fourth-order valence-electron chi connectivity index (χ4n) is 4.85. The molecule has 1 amide bonds. The highest BCUT2D eigenvalue weighted by atomic mass is 19.4. The van der Waals surface area contributed by atoms with Crippen molar-refractivity contribution in [3.05, 3.63) is 70.8 Å². The van der Waals surface area contributed by atoms with Crippen molar-refractivity contribution in [3.8, 4) is 6.07 Å². The van der Waals surface area contributed by atoms with E-state index in [2.05, 4.69) is 11.4 Å². The van der Waals surface area contributed by atoms with E-state index in [1.807, 2.05) is 18.2 Å². The second kappa shape index (κ2) is 9.65. The molecule has 3 atom stereocenters. The highest BCUT2D eigenvalue weighted by Crippen LogP contribution is 2.41. The van der Waals surface area contributed by atoms with E-state index in [1.165, 1.54) is 6.92 Å². The molecule has 5 nitrogen and oxygen atoms in total. The molecule has 4 rings (SSSR count). The number of β-lactam (4-membered cyclic amide) rings is 1. The van der Waals surface area contributed by atoms with Crippen molar-refractivity contribution in [1.82, 2.24) is 10.2 Å². The van der Waals surface area contributed by atoms with Crippen molar-refractivity contribution in [2.45, 2.75) is 55.7 Å². The molecule has 2 aromatic carbocycles. The van der Waals surface area contributed by atoms with Crippen molar-refractivity contribution in [2.75, 3.05) is 19.7 Å². The molecule has 0 unspecified atom stereocenters. The molecule has 37 heavy (non-hydrogen) atoms. The summed E-state index contributed by atoms with van der Waals surface area (Å²) < 4.78 is 85.8. The van der Waals surface area contributed by atoms with Gasteiger partial charge in [-0.2, -0.15) is 31.6 Å². The zero-order chi connectivity index (χ0) is 27.1. The number of ether oxygens (including phenoxy) is 1. The normalized spacial score (nSPS) is 25.4. The van der Waals surface area contributed by atoms with Gasteiger partial charge in [0.25, 0.3) is 0 Å². The number of halogens is 6. The van der Waals surface area contributed by atoms with Crippen LogP contribution in [0.3, 0.4) is 0 Å². The topological polar surface area (TPSA) is 65.4 Å². The lowest BCUT2D eigenvalue weighted by atomic mass is 9.75. The van der Waals surface area contributed by atoms with E-state index in [1.54, 1.807) is 17.0 Å². The maximum atomic E-state index is 13.3. The number of nitrogens with zero attached hydrogens (tertiary/aromatic N) is 2. The third kappa shape index (κ3) is 5.31. The van der Waals surface area contributed by atoms with E-state index in [0.29, 0.717) is 37.9 Å². The molecule has 11 heteroatoms. The van der Waals surface area contributed by atoms with Crippen LogP contribution in [-0.4, -0.2) is 36.0 Å². The molecule has 2 heterocycles. The Morgan fingerprint density at radius 1 is 1.05 bits per heavy atom. The SMILES string of the molecule is C[C@@H](OC[C@@]1(c2ccccc2)CC[C@](C#N)(N2CCC2=O)CN1)c1cc(C(F)(F)F)cc(C(F)(F)F)c1. The van der Waals surface area contributed by atoms with E-state index < -0.39 is 40.7 Å². The first-order chi connectivity index (χ1) is 17.3. The second-order valence-electron chi connectivity index (χ2n) is 9.53. The predicted octanol–water partition coefficient (Wildman–Crippen LogP) is 5.58. The highest BCUT2D eigenvalue weighted by Gasteiger charge is 2.51. The average Bonchev–Trinajstić information content (AvgIpc) is 2.86. The average molecular weight is 525 g/mol. The summed E-state index contributed by atoms with van der Waals surface area (Å²) in [6, 6.07) is 12.8. The molecule has 0 bridgehead atoms. The van der Waals surface area contributed by atoms with Crippen LogP contribution in [0.4, 0.5) is 26.3 Å². The molecule has 0 aromatic heterocycles. The van der Waals surface area contributed by atoms with Gasteiger partial charge >= 0.3 is 12.4 Å². The van der Waals surface area contributed by atoms with E-state index in [9.17, 15) is 36.4 Å². The third-order valence-electron chi connectivity index (χ3n) is 7.25. The van der Waals surface area contributed by atoms with Gasteiger partial charge in [0.2, 0.25) is 5.91 Å². The first kappa shape index (κ1) is 26.9. The summed E-state index contributed by atoms with van der Waals surface area (Å²) in [5, 5.41) is 13.2. The molecular formula is C26H25F6N3O2. The summed E-state index contributed by atoms with van der Waals surface area (Å²) in [6.45, 7) is 1.95. The van der Waals surface area contributed by atoms with Crippen LogP contribution >= 0.6 is 0 Å². The fourth-order valence-corrected chi connectivity index (χ4v) is 4.85. The van der Waals surface area contributed by atoms with Crippen LogP contribution in [0.15, 0.2) is 48.5 Å². The maximum Gasteiger partial charge on any atom is 0.416 e. The number of carbonyl (C=O) groups is 1. The largest absolute Gasteiger partial charge is 0.416 e. The fraction of sp³-hybridized carbons (Fsp3) is 0.462. The Morgan fingerprint density at radius 2 is 1.68 bits per heavy atom. The van der Waals surface area contributed by atoms with Crippen LogP contribution < -0.4 is 5.32 Å². The number of benzene rings is 2. The van der Waals surface area contributed by atoms with Crippen LogP contribution in [0, 0.1) is 11.3 Å². The lowest BCUT2D eigenvalue weighted by molar-refractivity contribution is -0.148. The zero-order valence-corrected chi connectivity index (χ0v) is 19.9. The molecule has 2 aromatic rings. The Bertz CT molecular complexity index is 1150. The van der Waals surface area contributed by atoms with Gasteiger partial charge in [0.05, 0.1) is 35.4 Å². The van der Waals surface area contributed by atoms with Crippen LogP contribution in [-0.2, 0) is 27.4 Å². The van der Waals surface area contributed by atoms with Gasteiger partial charge < -0.3 is 15.0 Å². The minimum absolute atomic E-state index is 0.0781. The van der Waals surface area contributed by atoms with Crippen molar-refractivity contribution in [1.29, 1.82) is 5.26 Å². The monoisotopic (exact) mass is 525 g/mol. The Morgan fingerprint density at radius 3 is 2.11 bits per heavy atom. The summed E-state index contributed by atoms with van der Waals surface area (Å²) in [5.41, 5.74) is -4.15. The number of nitrogens with one attached hydrogen (secondary N) is 1. The number of likely N-dealkylation sites (tertiary alicyclic amines) is 1. The van der Waals surface area contributed by atoms with Crippen LogP contribution in [0.1, 0.15) is 54.5 Å². The Hall–Kier alpha value is -3.10. The molecule has 2 aliphatic heterocycles. The number of rotatable bonds is 6. The molecule has 2 fully saturated rings. The number of piperidine rings is 1. The van der Waals surface area contributed by atoms with Gasteiger partial charge in [0, 0.05) is 19.5 Å². The van der Waals surface area contributed by atoms with Crippen molar-refractivity contribution >= 4 is 5.91 Å². The third-order valence-corrected chi connectivity index (χ3v) is 7.25. The van der Waals surface area contributed by atoms with Crippen LogP contribution in [0.2, 0.25) is 0 Å². The number of carbonyl (C=O) groups excluding carboxylic acids is 1. The zero-order valence-electron chi connectivity index (χ0n) is 19.9. The molecule has 2 saturated heterocycles. The van der Waals surface area contributed by atoms with Gasteiger partial charge in [-0.25, -0.2) is 0 Å². The number of alkyl halides is 6. The molecule has 0 spiro atoms. The number of amides is 1. The van der Waals surface area contributed by atoms with Gasteiger partial charge in [0.15, 0.2) is 0 Å². The second-order valence-corrected chi connectivity index (χ2v) is 9.53. The molecule has 0 saturated carbocycles. The van der Waals surface area contributed by atoms with E-state index in [-0.39, 0.29) is 30.7 Å². The predicted molar refractivity (Wildman–Crippen MR) is 121 cm³/mol. The van der Waals surface area contributed by atoms with E-state index in [4.69, 9.17) is 4.74 Å². The highest BCUT2D eigenvalue weighted by molar-refractivity contribution is 5.83. The lowest BCUT2D eigenvalue weighted by Crippen LogP contribution is -2.67. The maximum absolute atomic E-state index is 13.3. The van der Waals surface area contributed by atoms with Gasteiger partial charge in [0.1, 0.15) is 5.54 Å². The Labute approximate surface area is 210 Å². The Kier molecular flexibility index (Phi) is 7.03. The molecule has 1 N–H and O–H groups in total. The van der Waals surface area contributed by atoms with Gasteiger partial charge in [-0.1, -0.05) is 30.3 Å². The minimum Gasteiger partial charge on any atom is -0.372 e. The summed E-state index contributed by atoms with van der Waals surface area (Å²) in [7, 11) is 0. The first-order valence-electron chi connectivity index (χ1n) is 11.7.